The molecular formula is C17H19Cl2NO. The van der Waals surface area contributed by atoms with E-state index in [0.29, 0.717) is 15.6 Å². The third-order valence-electron chi connectivity index (χ3n) is 3.84. The lowest BCUT2D eigenvalue weighted by atomic mass is 9.85. The molecule has 2 aromatic carbocycles. The number of aliphatic hydroxyl groups excluding tert-OH is 1. The molecule has 2 rings (SSSR count). The van der Waals surface area contributed by atoms with Gasteiger partial charge in [0.1, 0.15) is 0 Å². The van der Waals surface area contributed by atoms with Crippen LogP contribution in [0.2, 0.25) is 10.0 Å². The summed E-state index contributed by atoms with van der Waals surface area (Å²) in [7, 11) is 0. The van der Waals surface area contributed by atoms with Gasteiger partial charge in [-0.1, -0.05) is 47.5 Å². The first-order valence-electron chi connectivity index (χ1n) is 6.85. The summed E-state index contributed by atoms with van der Waals surface area (Å²) in [5.74, 6) is -0.342. The molecule has 4 heteroatoms. The van der Waals surface area contributed by atoms with Crippen LogP contribution in [-0.2, 0) is 0 Å². The van der Waals surface area contributed by atoms with Crippen LogP contribution in [0.25, 0.3) is 0 Å². The third-order valence-corrected chi connectivity index (χ3v) is 4.50. The second kappa shape index (κ2) is 6.80. The van der Waals surface area contributed by atoms with Crippen molar-refractivity contribution in [1.82, 2.24) is 0 Å². The Bertz CT molecular complexity index is 602. The van der Waals surface area contributed by atoms with E-state index < -0.39 is 6.10 Å². The van der Waals surface area contributed by atoms with Crippen molar-refractivity contribution in [2.24, 2.45) is 5.73 Å². The molecule has 0 saturated heterocycles. The molecule has 112 valence electrons. The maximum Gasteiger partial charge on any atom is 0.0876 e. The van der Waals surface area contributed by atoms with Crippen LogP contribution in [0.3, 0.4) is 0 Å². The maximum atomic E-state index is 10.8. The van der Waals surface area contributed by atoms with E-state index in [4.69, 9.17) is 28.9 Å². The molecule has 0 saturated carbocycles. The van der Waals surface area contributed by atoms with Gasteiger partial charge in [-0.3, -0.25) is 0 Å². The lowest BCUT2D eigenvalue weighted by Gasteiger charge is -2.26. The van der Waals surface area contributed by atoms with Crippen molar-refractivity contribution in [3.63, 3.8) is 0 Å². The largest absolute Gasteiger partial charge is 0.388 e. The smallest absolute Gasteiger partial charge is 0.0876 e. The van der Waals surface area contributed by atoms with E-state index in [1.165, 1.54) is 0 Å². The minimum absolute atomic E-state index is 0.262. The quantitative estimate of drug-likeness (QED) is 0.876. The summed E-state index contributed by atoms with van der Waals surface area (Å²) >= 11 is 12.5. The number of hydrogen-bond acceptors (Lipinski definition) is 2. The van der Waals surface area contributed by atoms with Crippen LogP contribution in [0.15, 0.2) is 36.4 Å². The number of aryl methyl sites for hydroxylation is 2. The van der Waals surface area contributed by atoms with Gasteiger partial charge in [-0.25, -0.2) is 0 Å². The van der Waals surface area contributed by atoms with E-state index in [0.717, 1.165) is 16.7 Å². The van der Waals surface area contributed by atoms with Gasteiger partial charge in [-0.15, -0.1) is 0 Å². The van der Waals surface area contributed by atoms with Crippen LogP contribution < -0.4 is 5.73 Å². The minimum atomic E-state index is -0.742. The fraction of sp³-hybridized carbons (Fsp3) is 0.294. The number of nitrogens with two attached hydrogens (primary N) is 1. The molecule has 3 N–H and O–H groups in total. The molecular weight excluding hydrogens is 305 g/mol. The predicted molar refractivity (Wildman–Crippen MR) is 89.1 cm³/mol. The molecule has 0 amide bonds. The number of halogens is 2. The summed E-state index contributed by atoms with van der Waals surface area (Å²) in [6.07, 6.45) is -0.742. The van der Waals surface area contributed by atoms with Gasteiger partial charge in [0.2, 0.25) is 0 Å². The Kier molecular flexibility index (Phi) is 5.28. The molecule has 0 spiro atoms. The highest BCUT2D eigenvalue weighted by Crippen LogP contribution is 2.39. The van der Waals surface area contributed by atoms with E-state index in [2.05, 4.69) is 0 Å². The fourth-order valence-electron chi connectivity index (χ4n) is 2.76. The molecule has 0 heterocycles. The molecule has 0 aliphatic rings. The molecule has 0 aliphatic heterocycles. The molecule has 2 atom stereocenters. The van der Waals surface area contributed by atoms with E-state index in [1.807, 2.05) is 32.0 Å². The molecule has 2 nitrogen and oxygen atoms in total. The Hall–Kier alpha value is -1.06. The Balaban J connectivity index is 2.51. The maximum absolute atomic E-state index is 10.8. The first-order valence-corrected chi connectivity index (χ1v) is 7.61. The minimum Gasteiger partial charge on any atom is -0.388 e. The van der Waals surface area contributed by atoms with Crippen LogP contribution >= 0.6 is 23.2 Å². The van der Waals surface area contributed by atoms with Crippen LogP contribution in [0.1, 0.15) is 34.3 Å². The zero-order chi connectivity index (χ0) is 15.6. The Morgan fingerprint density at radius 2 is 1.43 bits per heavy atom. The molecule has 2 unspecified atom stereocenters. The van der Waals surface area contributed by atoms with Crippen LogP contribution in [-0.4, -0.2) is 11.7 Å². The van der Waals surface area contributed by atoms with Crippen LogP contribution in [0, 0.1) is 13.8 Å². The Morgan fingerprint density at radius 3 is 1.90 bits per heavy atom. The molecule has 0 aliphatic carbocycles. The second-order valence-corrected chi connectivity index (χ2v) is 6.04. The normalized spacial score (nSPS) is 14.0. The molecule has 21 heavy (non-hydrogen) atoms. The summed E-state index contributed by atoms with van der Waals surface area (Å²) in [6, 6.07) is 11.3. The van der Waals surface area contributed by atoms with Gasteiger partial charge >= 0.3 is 0 Å². The first-order chi connectivity index (χ1) is 9.97. The first kappa shape index (κ1) is 16.3. The van der Waals surface area contributed by atoms with Crippen molar-refractivity contribution >= 4 is 23.2 Å². The third kappa shape index (κ3) is 3.24. The van der Waals surface area contributed by atoms with Gasteiger partial charge in [-0.2, -0.15) is 0 Å². The lowest BCUT2D eigenvalue weighted by Crippen LogP contribution is -2.22. The molecule has 0 aromatic heterocycles. The number of aliphatic hydroxyl groups is 1. The van der Waals surface area contributed by atoms with Gasteiger partial charge in [0.15, 0.2) is 0 Å². The number of benzene rings is 2. The highest BCUT2D eigenvalue weighted by Gasteiger charge is 2.27. The molecule has 0 bridgehead atoms. The van der Waals surface area contributed by atoms with E-state index >= 15 is 0 Å². The molecule has 0 radical (unpaired) electrons. The van der Waals surface area contributed by atoms with Crippen molar-refractivity contribution in [3.8, 4) is 0 Å². The van der Waals surface area contributed by atoms with Gasteiger partial charge < -0.3 is 10.8 Å². The van der Waals surface area contributed by atoms with E-state index in [1.54, 1.807) is 18.2 Å². The average molecular weight is 324 g/mol. The zero-order valence-corrected chi connectivity index (χ0v) is 13.6. The van der Waals surface area contributed by atoms with Gasteiger partial charge in [-0.05, 0) is 48.2 Å². The standard InChI is InChI=1S/C17H19Cl2NO/c1-10-5-3-6-11(2)15(10)17(21)12(9-20)16-13(18)7-4-8-14(16)19/h3-8,12,17,21H,9,20H2,1-2H3. The molecule has 0 fully saturated rings. The summed E-state index contributed by atoms with van der Waals surface area (Å²) in [5, 5.41) is 11.9. The summed E-state index contributed by atoms with van der Waals surface area (Å²) in [4.78, 5) is 0. The summed E-state index contributed by atoms with van der Waals surface area (Å²) < 4.78 is 0. The van der Waals surface area contributed by atoms with Gasteiger partial charge in [0.25, 0.3) is 0 Å². The van der Waals surface area contributed by atoms with Crippen LogP contribution in [0.5, 0.6) is 0 Å². The average Bonchev–Trinajstić information content (AvgIpc) is 2.42. The summed E-state index contributed by atoms with van der Waals surface area (Å²) in [5.41, 5.74) is 9.57. The second-order valence-electron chi connectivity index (χ2n) is 5.23. The van der Waals surface area contributed by atoms with Crippen molar-refractivity contribution in [1.29, 1.82) is 0 Å². The van der Waals surface area contributed by atoms with Crippen molar-refractivity contribution in [2.75, 3.05) is 6.54 Å². The van der Waals surface area contributed by atoms with Crippen molar-refractivity contribution in [3.05, 3.63) is 68.7 Å². The number of hydrogen-bond donors (Lipinski definition) is 2. The highest BCUT2D eigenvalue weighted by molar-refractivity contribution is 6.36. The fourth-order valence-corrected chi connectivity index (χ4v) is 3.44. The molecule has 2 aromatic rings. The Labute approximate surface area is 135 Å². The predicted octanol–water partition coefficient (Wildman–Crippen LogP) is 4.39. The van der Waals surface area contributed by atoms with E-state index in [9.17, 15) is 5.11 Å². The Morgan fingerprint density at radius 1 is 0.952 bits per heavy atom. The topological polar surface area (TPSA) is 46.2 Å². The van der Waals surface area contributed by atoms with Crippen LogP contribution in [0.4, 0.5) is 0 Å². The van der Waals surface area contributed by atoms with Gasteiger partial charge in [0.05, 0.1) is 6.10 Å². The SMILES string of the molecule is Cc1cccc(C)c1C(O)C(CN)c1c(Cl)cccc1Cl. The van der Waals surface area contributed by atoms with Crippen molar-refractivity contribution < 1.29 is 5.11 Å². The summed E-state index contributed by atoms with van der Waals surface area (Å²) in [6.45, 7) is 4.22. The number of rotatable bonds is 4. The van der Waals surface area contributed by atoms with Crippen molar-refractivity contribution in [2.45, 2.75) is 25.9 Å². The highest BCUT2D eigenvalue weighted by atomic mass is 35.5. The zero-order valence-electron chi connectivity index (χ0n) is 12.1. The monoisotopic (exact) mass is 323 g/mol. The lowest BCUT2D eigenvalue weighted by molar-refractivity contribution is 0.146. The van der Waals surface area contributed by atoms with Gasteiger partial charge in [0, 0.05) is 22.5 Å². The van der Waals surface area contributed by atoms with E-state index in [-0.39, 0.29) is 12.5 Å².